The van der Waals surface area contributed by atoms with Gasteiger partial charge in [0.25, 0.3) is 5.91 Å². The number of carbonyl (C=O) groups is 2. The molecule has 1 aliphatic rings. The first-order valence-electron chi connectivity index (χ1n) is 8.23. The Labute approximate surface area is 150 Å². The van der Waals surface area contributed by atoms with Gasteiger partial charge in [-0.1, -0.05) is 12.1 Å². The van der Waals surface area contributed by atoms with Crippen LogP contribution in [0.3, 0.4) is 0 Å². The largest absolute Gasteiger partial charge is 0.487 e. The van der Waals surface area contributed by atoms with Crippen molar-refractivity contribution in [3.05, 3.63) is 59.4 Å². The molecular weight excluding hydrogens is 339 g/mol. The fourth-order valence-corrected chi connectivity index (χ4v) is 2.80. The molecule has 2 aromatic rings. The van der Waals surface area contributed by atoms with E-state index in [1.54, 1.807) is 24.4 Å². The molecule has 26 heavy (non-hydrogen) atoms. The third-order valence-electron chi connectivity index (χ3n) is 4.35. The number of hydrogen-bond acceptors (Lipinski definition) is 4. The number of aryl methyl sites for hydroxylation is 1. The summed E-state index contributed by atoms with van der Waals surface area (Å²) < 4.78 is 19.8. The zero-order valence-electron chi connectivity index (χ0n) is 14.3. The van der Waals surface area contributed by atoms with E-state index < -0.39 is 18.2 Å². The molecule has 1 aliphatic heterocycles. The van der Waals surface area contributed by atoms with Crippen LogP contribution < -0.4 is 4.74 Å². The Hall–Kier alpha value is -2.96. The van der Waals surface area contributed by atoms with Crippen molar-refractivity contribution < 1.29 is 23.8 Å². The number of pyridine rings is 1. The summed E-state index contributed by atoms with van der Waals surface area (Å²) >= 11 is 0. The molecular formula is C19H19FN2O4. The van der Waals surface area contributed by atoms with E-state index in [9.17, 15) is 14.0 Å². The first-order chi connectivity index (χ1) is 12.4. The molecule has 136 valence electrons. The summed E-state index contributed by atoms with van der Waals surface area (Å²) in [6.45, 7) is 1.79. The minimum atomic E-state index is -2.37. The fourth-order valence-electron chi connectivity index (χ4n) is 2.80. The lowest BCUT2D eigenvalue weighted by atomic mass is 10.1. The highest BCUT2D eigenvalue weighted by Crippen LogP contribution is 2.27. The first kappa shape index (κ1) is 17.8. The Morgan fingerprint density at radius 2 is 2.15 bits per heavy atom. The van der Waals surface area contributed by atoms with Gasteiger partial charge >= 0.3 is 5.97 Å². The molecule has 2 heterocycles. The Kier molecular flexibility index (Phi) is 4.88. The number of ether oxygens (including phenoxy) is 1. The second-order valence-corrected chi connectivity index (χ2v) is 6.37. The number of halogens is 1. The lowest BCUT2D eigenvalue weighted by Gasteiger charge is -2.18. The number of aromatic nitrogens is 1. The zero-order chi connectivity index (χ0) is 18.7. The maximum atomic E-state index is 14.2. The van der Waals surface area contributed by atoms with E-state index in [1.807, 2.05) is 25.1 Å². The van der Waals surface area contributed by atoms with Crippen molar-refractivity contribution in [1.82, 2.24) is 9.88 Å². The molecule has 1 aromatic carbocycles. The first-order valence-corrected chi connectivity index (χ1v) is 8.23. The van der Waals surface area contributed by atoms with Gasteiger partial charge in [0.15, 0.2) is 0 Å². The third-order valence-corrected chi connectivity index (χ3v) is 4.35. The second kappa shape index (κ2) is 7.11. The van der Waals surface area contributed by atoms with Gasteiger partial charge in [-0.3, -0.25) is 9.78 Å². The second-order valence-electron chi connectivity index (χ2n) is 6.37. The third kappa shape index (κ3) is 3.82. The van der Waals surface area contributed by atoms with Gasteiger partial charge in [-0.15, -0.1) is 0 Å². The van der Waals surface area contributed by atoms with Crippen molar-refractivity contribution in [2.45, 2.75) is 25.6 Å². The summed E-state index contributed by atoms with van der Waals surface area (Å²) in [6, 6.07) is 10.5. The summed E-state index contributed by atoms with van der Waals surface area (Å²) in [5.74, 6) is -1.29. The summed E-state index contributed by atoms with van der Waals surface area (Å²) in [4.78, 5) is 28.9. The van der Waals surface area contributed by atoms with Crippen LogP contribution in [-0.4, -0.2) is 45.6 Å². The molecule has 0 radical (unpaired) electrons. The average molecular weight is 358 g/mol. The molecule has 1 saturated heterocycles. The van der Waals surface area contributed by atoms with Gasteiger partial charge in [-0.2, -0.15) is 0 Å². The predicted octanol–water partition coefficient (Wildman–Crippen LogP) is 2.61. The lowest BCUT2D eigenvalue weighted by Crippen LogP contribution is -2.38. The predicted molar refractivity (Wildman–Crippen MR) is 91.7 cm³/mol. The fraction of sp³-hybridized carbons (Fsp3) is 0.316. The van der Waals surface area contributed by atoms with Crippen molar-refractivity contribution >= 4 is 11.9 Å². The lowest BCUT2D eigenvalue weighted by molar-refractivity contribution is -0.149. The van der Waals surface area contributed by atoms with Crippen LogP contribution in [0.2, 0.25) is 0 Å². The molecule has 1 N–H and O–H groups in total. The minimum Gasteiger partial charge on any atom is -0.487 e. The van der Waals surface area contributed by atoms with Crippen LogP contribution in [0.25, 0.3) is 0 Å². The van der Waals surface area contributed by atoms with Gasteiger partial charge in [0, 0.05) is 24.2 Å². The zero-order valence-corrected chi connectivity index (χ0v) is 14.3. The number of carbonyl (C=O) groups excluding carboxylic acids is 1. The van der Waals surface area contributed by atoms with Gasteiger partial charge in [-0.05, 0) is 36.8 Å². The van der Waals surface area contributed by atoms with Crippen LogP contribution in [0.4, 0.5) is 4.39 Å². The van der Waals surface area contributed by atoms with Crippen LogP contribution in [0.15, 0.2) is 42.6 Å². The molecule has 6 nitrogen and oxygen atoms in total. The minimum absolute atomic E-state index is 0.0808. The van der Waals surface area contributed by atoms with E-state index in [2.05, 4.69) is 4.98 Å². The van der Waals surface area contributed by atoms with Gasteiger partial charge in [0.05, 0.1) is 12.7 Å². The number of amides is 1. The van der Waals surface area contributed by atoms with Crippen LogP contribution >= 0.6 is 0 Å². The molecule has 7 heteroatoms. The number of hydrogen-bond donors (Lipinski definition) is 1. The SMILES string of the molecule is Cc1ccc(OCc2cccc(C(=O)N3CCC(F)(C(=O)O)C3)c2)cn1. The molecule has 0 saturated carbocycles. The van der Waals surface area contributed by atoms with E-state index in [1.165, 1.54) is 4.90 Å². The molecule has 1 atom stereocenters. The van der Waals surface area contributed by atoms with Crippen LogP contribution in [-0.2, 0) is 11.4 Å². The van der Waals surface area contributed by atoms with Gasteiger partial charge in [-0.25, -0.2) is 9.18 Å². The molecule has 1 unspecified atom stereocenters. The molecule has 1 fully saturated rings. The van der Waals surface area contributed by atoms with Gasteiger partial charge < -0.3 is 14.7 Å². The molecule has 3 rings (SSSR count). The molecule has 1 amide bonds. The van der Waals surface area contributed by atoms with E-state index >= 15 is 0 Å². The quantitative estimate of drug-likeness (QED) is 0.889. The normalized spacial score (nSPS) is 19.4. The van der Waals surface area contributed by atoms with Crippen LogP contribution in [0, 0.1) is 6.92 Å². The topological polar surface area (TPSA) is 79.7 Å². The van der Waals surface area contributed by atoms with Gasteiger partial charge in [0.1, 0.15) is 12.4 Å². The highest BCUT2D eigenvalue weighted by atomic mass is 19.1. The number of rotatable bonds is 5. The molecule has 0 bridgehead atoms. The Morgan fingerprint density at radius 1 is 1.35 bits per heavy atom. The standard InChI is InChI=1S/C19H19FN2O4/c1-13-5-6-16(10-21-13)26-11-14-3-2-4-15(9-14)17(23)22-8-7-19(20,12-22)18(24)25/h2-6,9-10H,7-8,11-12H2,1H3,(H,24,25). The molecule has 1 aromatic heterocycles. The van der Waals surface area contributed by atoms with E-state index in [0.29, 0.717) is 11.3 Å². The maximum Gasteiger partial charge on any atom is 0.343 e. The smallest absolute Gasteiger partial charge is 0.343 e. The molecule has 0 aliphatic carbocycles. The summed E-state index contributed by atoms with van der Waals surface area (Å²) in [5, 5.41) is 8.95. The monoisotopic (exact) mass is 358 g/mol. The van der Waals surface area contributed by atoms with Crippen molar-refractivity contribution in [3.63, 3.8) is 0 Å². The summed E-state index contributed by atoms with van der Waals surface area (Å²) in [7, 11) is 0. The number of benzene rings is 1. The van der Waals surface area contributed by atoms with Crippen molar-refractivity contribution in [1.29, 1.82) is 0 Å². The number of carboxylic acids is 1. The van der Waals surface area contributed by atoms with E-state index in [4.69, 9.17) is 9.84 Å². The summed E-state index contributed by atoms with van der Waals surface area (Å²) in [5.41, 5.74) is -0.321. The van der Waals surface area contributed by atoms with Crippen molar-refractivity contribution in [2.24, 2.45) is 0 Å². The van der Waals surface area contributed by atoms with Crippen LogP contribution in [0.1, 0.15) is 28.0 Å². The van der Waals surface area contributed by atoms with E-state index in [-0.39, 0.29) is 25.5 Å². The highest BCUT2D eigenvalue weighted by Gasteiger charge is 2.46. The maximum absolute atomic E-state index is 14.2. The van der Waals surface area contributed by atoms with Crippen molar-refractivity contribution in [3.8, 4) is 5.75 Å². The number of alkyl halides is 1. The number of aliphatic carboxylic acids is 1. The highest BCUT2D eigenvalue weighted by molar-refractivity contribution is 5.95. The van der Waals surface area contributed by atoms with E-state index in [0.717, 1.165) is 11.3 Å². The Bertz CT molecular complexity index is 825. The van der Waals surface area contributed by atoms with Gasteiger partial charge in [0.2, 0.25) is 5.67 Å². The Morgan fingerprint density at radius 3 is 2.81 bits per heavy atom. The average Bonchev–Trinajstić information content (AvgIpc) is 3.05. The summed E-state index contributed by atoms with van der Waals surface area (Å²) in [6.07, 6.45) is 1.43. The van der Waals surface area contributed by atoms with Crippen molar-refractivity contribution in [2.75, 3.05) is 13.1 Å². The number of nitrogens with zero attached hydrogens (tertiary/aromatic N) is 2. The Balaban J connectivity index is 1.66. The number of carboxylic acid groups (broad SMARTS) is 1. The molecule has 0 spiro atoms. The van der Waals surface area contributed by atoms with Crippen LogP contribution in [0.5, 0.6) is 5.75 Å². The number of likely N-dealkylation sites (tertiary alicyclic amines) is 1.